The SMILES string of the molecule is CC(C)[C@@H](NC(=O)c1ccccc1)C(=O)NCCc1ccc(S(N)(=O)=O)cc1. The molecule has 2 aromatic rings. The van der Waals surface area contributed by atoms with Gasteiger partial charge < -0.3 is 10.6 Å². The van der Waals surface area contributed by atoms with Crippen molar-refractivity contribution in [3.8, 4) is 0 Å². The average molecular weight is 404 g/mol. The largest absolute Gasteiger partial charge is 0.354 e. The Balaban J connectivity index is 1.91. The molecule has 2 aromatic carbocycles. The Kier molecular flexibility index (Phi) is 7.31. The molecule has 0 spiro atoms. The minimum Gasteiger partial charge on any atom is -0.354 e. The van der Waals surface area contributed by atoms with Crippen molar-refractivity contribution in [2.75, 3.05) is 6.54 Å². The molecule has 1 atom stereocenters. The van der Waals surface area contributed by atoms with Crippen molar-refractivity contribution in [2.24, 2.45) is 11.1 Å². The van der Waals surface area contributed by atoms with E-state index in [4.69, 9.17) is 5.14 Å². The van der Waals surface area contributed by atoms with E-state index in [0.717, 1.165) is 5.56 Å². The van der Waals surface area contributed by atoms with Crippen LogP contribution in [0.25, 0.3) is 0 Å². The highest BCUT2D eigenvalue weighted by atomic mass is 32.2. The maximum Gasteiger partial charge on any atom is 0.251 e. The Labute approximate surface area is 165 Å². The van der Waals surface area contributed by atoms with Crippen LogP contribution in [0.5, 0.6) is 0 Å². The third kappa shape index (κ3) is 6.17. The fraction of sp³-hybridized carbons (Fsp3) is 0.300. The van der Waals surface area contributed by atoms with Crippen LogP contribution in [0.1, 0.15) is 29.8 Å². The van der Waals surface area contributed by atoms with E-state index in [1.807, 2.05) is 19.9 Å². The lowest BCUT2D eigenvalue weighted by molar-refractivity contribution is -0.123. The molecule has 0 fully saturated rings. The quantitative estimate of drug-likeness (QED) is 0.618. The van der Waals surface area contributed by atoms with Crippen molar-refractivity contribution in [3.63, 3.8) is 0 Å². The molecular weight excluding hydrogens is 378 g/mol. The van der Waals surface area contributed by atoms with E-state index in [2.05, 4.69) is 10.6 Å². The van der Waals surface area contributed by atoms with Gasteiger partial charge in [-0.05, 0) is 42.2 Å². The monoisotopic (exact) mass is 403 g/mol. The van der Waals surface area contributed by atoms with E-state index in [9.17, 15) is 18.0 Å². The first-order chi connectivity index (χ1) is 13.2. The summed E-state index contributed by atoms with van der Waals surface area (Å²) >= 11 is 0. The first kappa shape index (κ1) is 21.6. The van der Waals surface area contributed by atoms with Crippen LogP contribution in [0, 0.1) is 5.92 Å². The van der Waals surface area contributed by atoms with Crippen LogP contribution >= 0.6 is 0 Å². The molecule has 0 unspecified atom stereocenters. The third-order valence-corrected chi connectivity index (χ3v) is 5.17. The molecule has 0 bridgehead atoms. The van der Waals surface area contributed by atoms with Crippen molar-refractivity contribution < 1.29 is 18.0 Å². The third-order valence-electron chi connectivity index (χ3n) is 4.24. The zero-order valence-corrected chi connectivity index (χ0v) is 16.7. The van der Waals surface area contributed by atoms with E-state index in [1.54, 1.807) is 36.4 Å². The van der Waals surface area contributed by atoms with Gasteiger partial charge in [-0.15, -0.1) is 0 Å². The Hall–Kier alpha value is -2.71. The van der Waals surface area contributed by atoms with Gasteiger partial charge in [-0.25, -0.2) is 13.6 Å². The van der Waals surface area contributed by atoms with Gasteiger partial charge in [-0.2, -0.15) is 0 Å². The molecule has 0 aromatic heterocycles. The number of nitrogens with one attached hydrogen (secondary N) is 2. The van der Waals surface area contributed by atoms with Crippen molar-refractivity contribution in [1.29, 1.82) is 0 Å². The van der Waals surface area contributed by atoms with Gasteiger partial charge in [0.05, 0.1) is 4.90 Å². The second-order valence-electron chi connectivity index (χ2n) is 6.79. The van der Waals surface area contributed by atoms with Crippen molar-refractivity contribution in [2.45, 2.75) is 31.2 Å². The zero-order valence-electron chi connectivity index (χ0n) is 15.9. The fourth-order valence-electron chi connectivity index (χ4n) is 2.63. The molecule has 28 heavy (non-hydrogen) atoms. The Morgan fingerprint density at radius 2 is 1.61 bits per heavy atom. The first-order valence-corrected chi connectivity index (χ1v) is 10.5. The van der Waals surface area contributed by atoms with Crippen LogP contribution in [0.2, 0.25) is 0 Å². The molecule has 8 heteroatoms. The molecular formula is C20H25N3O4S. The van der Waals surface area contributed by atoms with Crippen LogP contribution in [0.3, 0.4) is 0 Å². The highest BCUT2D eigenvalue weighted by molar-refractivity contribution is 7.89. The molecule has 4 N–H and O–H groups in total. The number of primary sulfonamides is 1. The molecule has 2 amide bonds. The zero-order chi connectivity index (χ0) is 20.7. The number of carbonyl (C=O) groups excluding carboxylic acids is 2. The van der Waals surface area contributed by atoms with E-state index < -0.39 is 16.1 Å². The molecule has 0 heterocycles. The standard InChI is InChI=1S/C20H25N3O4S/c1-14(2)18(23-19(24)16-6-4-3-5-7-16)20(25)22-13-12-15-8-10-17(11-9-15)28(21,26)27/h3-11,14,18H,12-13H2,1-2H3,(H,22,25)(H,23,24)(H2,21,26,27)/t18-/m1/s1. The molecule has 0 saturated carbocycles. The van der Waals surface area contributed by atoms with E-state index in [0.29, 0.717) is 18.5 Å². The molecule has 0 aliphatic rings. The highest BCUT2D eigenvalue weighted by Crippen LogP contribution is 2.09. The molecule has 0 radical (unpaired) electrons. The summed E-state index contributed by atoms with van der Waals surface area (Å²) in [7, 11) is -3.72. The van der Waals surface area contributed by atoms with Crippen LogP contribution in [0.4, 0.5) is 0 Å². The lowest BCUT2D eigenvalue weighted by atomic mass is 10.0. The Morgan fingerprint density at radius 3 is 2.14 bits per heavy atom. The van der Waals surface area contributed by atoms with Gasteiger partial charge in [-0.1, -0.05) is 44.2 Å². The molecule has 2 rings (SSSR count). The number of nitrogens with two attached hydrogens (primary N) is 1. The Morgan fingerprint density at radius 1 is 1.00 bits per heavy atom. The van der Waals surface area contributed by atoms with E-state index >= 15 is 0 Å². The molecule has 7 nitrogen and oxygen atoms in total. The van der Waals surface area contributed by atoms with Gasteiger partial charge >= 0.3 is 0 Å². The van der Waals surface area contributed by atoms with Gasteiger partial charge in [0.15, 0.2) is 0 Å². The van der Waals surface area contributed by atoms with Crippen molar-refractivity contribution >= 4 is 21.8 Å². The Bertz CT molecular complexity index is 910. The second-order valence-corrected chi connectivity index (χ2v) is 8.35. The number of carbonyl (C=O) groups is 2. The maximum absolute atomic E-state index is 12.5. The first-order valence-electron chi connectivity index (χ1n) is 8.94. The summed E-state index contributed by atoms with van der Waals surface area (Å²) in [6.45, 7) is 4.08. The summed E-state index contributed by atoms with van der Waals surface area (Å²) in [5.41, 5.74) is 1.36. The summed E-state index contributed by atoms with van der Waals surface area (Å²) in [5.74, 6) is -0.643. The normalized spacial score (nSPS) is 12.4. The van der Waals surface area contributed by atoms with Crippen LogP contribution < -0.4 is 15.8 Å². The lowest BCUT2D eigenvalue weighted by Gasteiger charge is -2.21. The van der Waals surface area contributed by atoms with Crippen LogP contribution in [-0.2, 0) is 21.2 Å². The number of amides is 2. The number of benzene rings is 2. The number of hydrogen-bond donors (Lipinski definition) is 3. The topological polar surface area (TPSA) is 118 Å². The van der Waals surface area contributed by atoms with Crippen molar-refractivity contribution in [1.82, 2.24) is 10.6 Å². The van der Waals surface area contributed by atoms with E-state index in [-0.39, 0.29) is 22.6 Å². The fourth-order valence-corrected chi connectivity index (χ4v) is 3.15. The van der Waals surface area contributed by atoms with Crippen LogP contribution in [-0.4, -0.2) is 32.8 Å². The predicted molar refractivity (Wildman–Crippen MR) is 107 cm³/mol. The minimum atomic E-state index is -3.72. The van der Waals surface area contributed by atoms with Gasteiger partial charge in [-0.3, -0.25) is 9.59 Å². The number of hydrogen-bond acceptors (Lipinski definition) is 4. The highest BCUT2D eigenvalue weighted by Gasteiger charge is 2.24. The summed E-state index contributed by atoms with van der Waals surface area (Å²) in [5, 5.41) is 10.7. The predicted octanol–water partition coefficient (Wildman–Crippen LogP) is 1.45. The van der Waals surface area contributed by atoms with Gasteiger partial charge in [0, 0.05) is 12.1 Å². The summed E-state index contributed by atoms with van der Waals surface area (Å²) < 4.78 is 22.5. The van der Waals surface area contributed by atoms with E-state index in [1.165, 1.54) is 12.1 Å². The number of rotatable bonds is 8. The molecule has 150 valence electrons. The van der Waals surface area contributed by atoms with Crippen LogP contribution in [0.15, 0.2) is 59.5 Å². The molecule has 0 saturated heterocycles. The smallest absolute Gasteiger partial charge is 0.251 e. The average Bonchev–Trinajstić information content (AvgIpc) is 2.66. The number of sulfonamides is 1. The molecule has 0 aliphatic carbocycles. The molecule has 0 aliphatic heterocycles. The van der Waals surface area contributed by atoms with Gasteiger partial charge in [0.1, 0.15) is 6.04 Å². The summed E-state index contributed by atoms with van der Waals surface area (Å²) in [6, 6.07) is 14.3. The summed E-state index contributed by atoms with van der Waals surface area (Å²) in [6.07, 6.45) is 0.522. The summed E-state index contributed by atoms with van der Waals surface area (Å²) in [4.78, 5) is 24.9. The van der Waals surface area contributed by atoms with Gasteiger partial charge in [0.25, 0.3) is 5.91 Å². The lowest BCUT2D eigenvalue weighted by Crippen LogP contribution is -2.50. The second kappa shape index (κ2) is 9.48. The van der Waals surface area contributed by atoms with Crippen molar-refractivity contribution in [3.05, 3.63) is 65.7 Å². The maximum atomic E-state index is 12.5. The van der Waals surface area contributed by atoms with Gasteiger partial charge in [0.2, 0.25) is 15.9 Å². The minimum absolute atomic E-state index is 0.0452.